The highest BCUT2D eigenvalue weighted by molar-refractivity contribution is 7.18. The Balaban J connectivity index is 1.64. The van der Waals surface area contributed by atoms with E-state index in [4.69, 9.17) is 0 Å². The molecule has 2 aromatic carbocycles. The lowest BCUT2D eigenvalue weighted by Gasteiger charge is -2.19. The van der Waals surface area contributed by atoms with E-state index in [-0.39, 0.29) is 24.2 Å². The molecule has 1 amide bonds. The van der Waals surface area contributed by atoms with Crippen LogP contribution in [0.3, 0.4) is 0 Å². The number of likely N-dealkylation sites (N-methyl/N-ethyl adjacent to an activating group) is 1. The van der Waals surface area contributed by atoms with Crippen LogP contribution in [0.4, 0.5) is 14.5 Å². The lowest BCUT2D eigenvalue weighted by atomic mass is 10.3. The molecular formula is C18H18F2N3OS+. The molecule has 0 saturated carbocycles. The van der Waals surface area contributed by atoms with Crippen molar-refractivity contribution in [3.8, 4) is 0 Å². The number of aromatic nitrogens is 1. The Kier molecular flexibility index (Phi) is 5.06. The summed E-state index contributed by atoms with van der Waals surface area (Å²) in [7, 11) is 1.90. The second kappa shape index (κ2) is 7.25. The van der Waals surface area contributed by atoms with Crippen LogP contribution in [-0.2, 0) is 4.79 Å². The first-order valence-corrected chi connectivity index (χ1v) is 8.68. The maximum atomic E-state index is 13.2. The van der Waals surface area contributed by atoms with Gasteiger partial charge in [-0.2, -0.15) is 0 Å². The van der Waals surface area contributed by atoms with Crippen LogP contribution >= 0.6 is 11.3 Å². The average molecular weight is 362 g/mol. The molecule has 0 aliphatic carbocycles. The van der Waals surface area contributed by atoms with E-state index < -0.39 is 11.6 Å². The zero-order valence-corrected chi connectivity index (χ0v) is 14.7. The minimum absolute atomic E-state index is 0.0353. The fourth-order valence-corrected chi connectivity index (χ4v) is 3.58. The van der Waals surface area contributed by atoms with E-state index in [1.165, 1.54) is 6.07 Å². The molecule has 0 radical (unpaired) electrons. The molecule has 0 aliphatic heterocycles. The molecular weight excluding hydrogens is 344 g/mol. The van der Waals surface area contributed by atoms with Crippen LogP contribution in [0, 0.1) is 11.6 Å². The van der Waals surface area contributed by atoms with Gasteiger partial charge in [-0.1, -0.05) is 12.1 Å². The molecule has 4 nitrogen and oxygen atoms in total. The second-order valence-corrected chi connectivity index (χ2v) is 7.00. The lowest BCUT2D eigenvalue weighted by molar-refractivity contribution is -0.902. The van der Waals surface area contributed by atoms with Crippen LogP contribution < -0.4 is 10.2 Å². The Bertz CT molecular complexity index is 879. The van der Waals surface area contributed by atoms with Gasteiger partial charge >= 0.3 is 0 Å². The van der Waals surface area contributed by atoms with E-state index in [0.29, 0.717) is 0 Å². The maximum Gasteiger partial charge on any atom is 0.279 e. The number of carbonyl (C=O) groups is 1. The molecule has 1 heterocycles. The predicted molar refractivity (Wildman–Crippen MR) is 94.8 cm³/mol. The zero-order chi connectivity index (χ0) is 18.0. The number of carbonyl (C=O) groups excluding carboxylic acids is 1. The van der Waals surface area contributed by atoms with Crippen molar-refractivity contribution in [2.75, 3.05) is 18.9 Å². The van der Waals surface area contributed by atoms with E-state index in [0.717, 1.165) is 32.3 Å². The SMILES string of the molecule is C[C@H](c1nc2ccccc2s1)[NH+](C)CC(=O)Nc1ccc(F)c(F)c1. The monoisotopic (exact) mass is 362 g/mol. The fourth-order valence-electron chi connectivity index (χ4n) is 2.47. The summed E-state index contributed by atoms with van der Waals surface area (Å²) in [6.07, 6.45) is 0. The highest BCUT2D eigenvalue weighted by Gasteiger charge is 2.22. The van der Waals surface area contributed by atoms with E-state index in [1.54, 1.807) is 11.3 Å². The summed E-state index contributed by atoms with van der Waals surface area (Å²) >= 11 is 1.61. The van der Waals surface area contributed by atoms with Gasteiger partial charge in [0.1, 0.15) is 6.04 Å². The van der Waals surface area contributed by atoms with Crippen molar-refractivity contribution in [1.82, 2.24) is 4.98 Å². The first-order valence-electron chi connectivity index (χ1n) is 7.86. The summed E-state index contributed by atoms with van der Waals surface area (Å²) < 4.78 is 27.2. The van der Waals surface area contributed by atoms with E-state index in [1.807, 2.05) is 38.2 Å². The fraction of sp³-hybridized carbons (Fsp3) is 0.222. The number of halogens is 2. The molecule has 3 aromatic rings. The van der Waals surface area contributed by atoms with Gasteiger partial charge in [0.05, 0.1) is 17.3 Å². The zero-order valence-electron chi connectivity index (χ0n) is 13.8. The summed E-state index contributed by atoms with van der Waals surface area (Å²) in [6, 6.07) is 11.2. The molecule has 130 valence electrons. The van der Waals surface area contributed by atoms with Gasteiger partial charge in [-0.3, -0.25) is 4.79 Å². The summed E-state index contributed by atoms with van der Waals surface area (Å²) in [5, 5.41) is 3.55. The molecule has 0 aliphatic rings. The van der Waals surface area contributed by atoms with Gasteiger partial charge in [0.25, 0.3) is 5.91 Å². The molecule has 1 aromatic heterocycles. The molecule has 2 N–H and O–H groups in total. The number of nitrogens with zero attached hydrogens (tertiary/aromatic N) is 1. The Morgan fingerprint density at radius 2 is 2.00 bits per heavy atom. The topological polar surface area (TPSA) is 46.4 Å². The minimum atomic E-state index is -0.985. The van der Waals surface area contributed by atoms with Crippen LogP contribution in [0.25, 0.3) is 10.2 Å². The molecule has 25 heavy (non-hydrogen) atoms. The van der Waals surface area contributed by atoms with E-state index >= 15 is 0 Å². The standard InChI is InChI=1S/C18H17F2N3OS/c1-11(18-22-15-5-3-4-6-16(15)25-18)23(2)10-17(24)21-12-7-8-13(19)14(20)9-12/h3-9,11H,10H2,1-2H3,(H,21,24)/p+1/t11-/m1/s1. The number of nitrogens with one attached hydrogen (secondary N) is 2. The van der Waals surface area contributed by atoms with Crippen molar-refractivity contribution in [2.45, 2.75) is 13.0 Å². The van der Waals surface area contributed by atoms with Crippen LogP contribution in [0.2, 0.25) is 0 Å². The third-order valence-corrected chi connectivity index (χ3v) is 5.28. The third kappa shape index (κ3) is 4.00. The Morgan fingerprint density at radius 1 is 1.24 bits per heavy atom. The highest BCUT2D eigenvalue weighted by Crippen LogP contribution is 2.24. The van der Waals surface area contributed by atoms with E-state index in [2.05, 4.69) is 10.3 Å². The average Bonchev–Trinajstić information content (AvgIpc) is 3.01. The molecule has 0 saturated heterocycles. The van der Waals surface area contributed by atoms with Gasteiger partial charge in [-0.25, -0.2) is 13.8 Å². The molecule has 7 heteroatoms. The number of amides is 1. The van der Waals surface area contributed by atoms with Crippen LogP contribution in [0.5, 0.6) is 0 Å². The first kappa shape index (κ1) is 17.4. The van der Waals surface area contributed by atoms with Crippen LogP contribution in [-0.4, -0.2) is 24.5 Å². The van der Waals surface area contributed by atoms with Gasteiger partial charge < -0.3 is 10.2 Å². The molecule has 0 fully saturated rings. The number of thiazole rings is 1. The van der Waals surface area contributed by atoms with Crippen molar-refractivity contribution in [2.24, 2.45) is 0 Å². The molecule has 1 unspecified atom stereocenters. The van der Waals surface area contributed by atoms with Gasteiger partial charge in [0.15, 0.2) is 23.2 Å². The van der Waals surface area contributed by atoms with Gasteiger partial charge in [0, 0.05) is 11.8 Å². The quantitative estimate of drug-likeness (QED) is 0.733. The maximum absolute atomic E-state index is 13.2. The molecule has 0 spiro atoms. The number of para-hydroxylation sites is 1. The van der Waals surface area contributed by atoms with Gasteiger partial charge in [0.2, 0.25) is 0 Å². The molecule has 2 atom stereocenters. The summed E-state index contributed by atoms with van der Waals surface area (Å²) in [6.45, 7) is 2.20. The van der Waals surface area contributed by atoms with Gasteiger partial charge in [-0.15, -0.1) is 11.3 Å². The highest BCUT2D eigenvalue weighted by atomic mass is 32.1. The predicted octanol–water partition coefficient (Wildman–Crippen LogP) is 2.79. The number of rotatable bonds is 5. The Morgan fingerprint density at radius 3 is 2.72 bits per heavy atom. The molecule has 0 bridgehead atoms. The Labute approximate surface area is 148 Å². The lowest BCUT2D eigenvalue weighted by Crippen LogP contribution is -3.10. The second-order valence-electron chi connectivity index (χ2n) is 5.94. The van der Waals surface area contributed by atoms with Crippen LogP contribution in [0.15, 0.2) is 42.5 Å². The largest absolute Gasteiger partial charge is 0.322 e. The number of benzene rings is 2. The summed E-state index contributed by atoms with van der Waals surface area (Å²) in [5.41, 5.74) is 1.19. The van der Waals surface area contributed by atoms with Gasteiger partial charge in [-0.05, 0) is 31.2 Å². The van der Waals surface area contributed by atoms with E-state index in [9.17, 15) is 13.6 Å². The Hall–Kier alpha value is -2.38. The smallest absolute Gasteiger partial charge is 0.279 e. The van der Waals surface area contributed by atoms with Crippen molar-refractivity contribution >= 4 is 33.1 Å². The van der Waals surface area contributed by atoms with Crippen LogP contribution in [0.1, 0.15) is 18.0 Å². The number of anilines is 1. The summed E-state index contributed by atoms with van der Waals surface area (Å²) in [5.74, 6) is -2.19. The van der Waals surface area contributed by atoms with Crippen molar-refractivity contribution in [3.05, 3.63) is 59.1 Å². The minimum Gasteiger partial charge on any atom is -0.322 e. The first-order chi connectivity index (χ1) is 11.9. The van der Waals surface area contributed by atoms with Crippen molar-refractivity contribution in [1.29, 1.82) is 0 Å². The normalized spacial score (nSPS) is 13.6. The number of hydrogen-bond acceptors (Lipinski definition) is 3. The number of fused-ring (bicyclic) bond motifs is 1. The molecule has 3 rings (SSSR count). The van der Waals surface area contributed by atoms with Crippen molar-refractivity contribution in [3.63, 3.8) is 0 Å². The third-order valence-electron chi connectivity index (χ3n) is 4.06. The number of hydrogen-bond donors (Lipinski definition) is 2. The van der Waals surface area contributed by atoms with Crippen molar-refractivity contribution < 1.29 is 18.5 Å². The summed E-state index contributed by atoms with van der Waals surface area (Å²) in [4.78, 5) is 17.7. The number of quaternary nitrogens is 1.